The van der Waals surface area contributed by atoms with Crippen LogP contribution in [0.2, 0.25) is 0 Å². The number of rotatable bonds is 4. The second-order valence-electron chi connectivity index (χ2n) is 9.22. The number of hydrogen-bond donors (Lipinski definition) is 3. The number of amides is 2. The van der Waals surface area contributed by atoms with Crippen LogP contribution in [-0.4, -0.2) is 54.0 Å². The van der Waals surface area contributed by atoms with E-state index in [1.165, 1.54) is 13.2 Å². The Morgan fingerprint density at radius 3 is 2.40 bits per heavy atom. The zero-order chi connectivity index (χ0) is 24.9. The fourth-order valence-corrected chi connectivity index (χ4v) is 5.02. The van der Waals surface area contributed by atoms with Gasteiger partial charge in [0.2, 0.25) is 0 Å². The van der Waals surface area contributed by atoms with Crippen LogP contribution in [-0.2, 0) is 0 Å². The van der Waals surface area contributed by atoms with Crippen molar-refractivity contribution >= 4 is 33.6 Å². The average molecular weight is 475 g/mol. The van der Waals surface area contributed by atoms with Crippen LogP contribution in [0.15, 0.2) is 48.5 Å². The van der Waals surface area contributed by atoms with Crippen molar-refractivity contribution in [3.05, 3.63) is 65.5 Å². The minimum Gasteiger partial charge on any atom is -0.494 e. The molecule has 2 amide bonds. The van der Waals surface area contributed by atoms with Crippen LogP contribution in [0.1, 0.15) is 34.6 Å². The maximum Gasteiger partial charge on any atom is 0.254 e. The van der Waals surface area contributed by atoms with E-state index in [0.29, 0.717) is 40.9 Å². The zero-order valence-corrected chi connectivity index (χ0v) is 19.8. The number of aromatic amines is 1. The maximum absolute atomic E-state index is 14.4. The van der Waals surface area contributed by atoms with Gasteiger partial charge >= 0.3 is 0 Å². The predicted molar refractivity (Wildman–Crippen MR) is 134 cm³/mol. The first-order valence-electron chi connectivity index (χ1n) is 11.5. The first kappa shape index (κ1) is 22.9. The van der Waals surface area contributed by atoms with E-state index in [2.05, 4.69) is 24.1 Å². The molecule has 8 heteroatoms. The summed E-state index contributed by atoms with van der Waals surface area (Å²) in [6.45, 7) is 5.41. The lowest BCUT2D eigenvalue weighted by Crippen LogP contribution is -2.55. The fraction of sp³-hybridized carbons (Fsp3) is 0.259. The van der Waals surface area contributed by atoms with Crippen LogP contribution in [0.3, 0.4) is 0 Å². The number of ether oxygens (including phenoxy) is 1. The number of benzene rings is 3. The molecule has 2 heterocycles. The molecule has 1 aromatic heterocycles. The molecule has 2 atom stereocenters. The summed E-state index contributed by atoms with van der Waals surface area (Å²) in [6, 6.07) is 14.1. The molecule has 7 nitrogen and oxygen atoms in total. The minimum atomic E-state index is -0.600. The number of nitrogens with two attached hydrogens (primary N) is 1. The van der Waals surface area contributed by atoms with E-state index >= 15 is 0 Å². The van der Waals surface area contributed by atoms with Gasteiger partial charge < -0.3 is 25.7 Å². The van der Waals surface area contributed by atoms with E-state index in [1.807, 2.05) is 23.1 Å². The van der Waals surface area contributed by atoms with Gasteiger partial charge in [0, 0.05) is 47.0 Å². The molecule has 0 bridgehead atoms. The summed E-state index contributed by atoms with van der Waals surface area (Å²) in [5.41, 5.74) is 9.12. The van der Waals surface area contributed by atoms with Gasteiger partial charge in [-0.1, -0.05) is 12.1 Å². The Morgan fingerprint density at radius 1 is 1.00 bits per heavy atom. The summed E-state index contributed by atoms with van der Waals surface area (Å²) in [5.74, 6) is -0.986. The highest BCUT2D eigenvalue weighted by atomic mass is 19.1. The Labute approximate surface area is 202 Å². The van der Waals surface area contributed by atoms with Gasteiger partial charge in [0.05, 0.1) is 18.2 Å². The van der Waals surface area contributed by atoms with E-state index in [4.69, 9.17) is 10.5 Å². The number of carbonyl (C=O) groups excluding carboxylic acids is 2. The molecular weight excluding hydrogens is 447 g/mol. The van der Waals surface area contributed by atoms with Crippen molar-refractivity contribution in [2.24, 2.45) is 5.73 Å². The largest absolute Gasteiger partial charge is 0.494 e. The number of primary amides is 1. The molecule has 2 unspecified atom stereocenters. The molecule has 0 aliphatic carbocycles. The molecule has 4 N–H and O–H groups in total. The highest BCUT2D eigenvalue weighted by molar-refractivity contribution is 6.17. The Balaban J connectivity index is 1.61. The standard InChI is InChI=1S/C27H27FN4O3/c1-14-12-32(13-15(2)30-14)27(34)17-4-6-19-20-8-18(16-5-7-24(35-3)22(28)10-16)9-21(26(29)33)25(20)31-23(19)11-17/h4-11,14-15,30-31H,12-13H2,1-3H3,(H2,29,33). The van der Waals surface area contributed by atoms with Crippen LogP contribution in [0.5, 0.6) is 5.75 Å². The lowest BCUT2D eigenvalue weighted by molar-refractivity contribution is 0.0674. The van der Waals surface area contributed by atoms with Gasteiger partial charge in [0.15, 0.2) is 11.6 Å². The van der Waals surface area contributed by atoms with Crippen LogP contribution in [0.25, 0.3) is 32.9 Å². The zero-order valence-electron chi connectivity index (χ0n) is 19.8. The first-order chi connectivity index (χ1) is 16.7. The third-order valence-electron chi connectivity index (χ3n) is 6.55. The topological polar surface area (TPSA) is 100 Å². The number of nitrogens with zero attached hydrogens (tertiary/aromatic N) is 1. The fourth-order valence-electron chi connectivity index (χ4n) is 5.02. The van der Waals surface area contributed by atoms with Gasteiger partial charge in [-0.25, -0.2) is 4.39 Å². The molecule has 0 spiro atoms. The Kier molecular flexibility index (Phi) is 5.68. The molecule has 180 valence electrons. The summed E-state index contributed by atoms with van der Waals surface area (Å²) < 4.78 is 19.4. The van der Waals surface area contributed by atoms with Gasteiger partial charge in [-0.15, -0.1) is 0 Å². The molecule has 0 radical (unpaired) electrons. The summed E-state index contributed by atoms with van der Waals surface area (Å²) in [5, 5.41) is 5.05. The molecule has 3 aromatic carbocycles. The van der Waals surface area contributed by atoms with Gasteiger partial charge in [-0.3, -0.25) is 9.59 Å². The smallest absolute Gasteiger partial charge is 0.254 e. The maximum atomic E-state index is 14.4. The Bertz CT molecular complexity index is 1470. The number of carbonyl (C=O) groups is 2. The number of H-pyrrole nitrogens is 1. The van der Waals surface area contributed by atoms with Crippen molar-refractivity contribution in [1.82, 2.24) is 15.2 Å². The number of halogens is 1. The summed E-state index contributed by atoms with van der Waals surface area (Å²) in [7, 11) is 1.41. The third kappa shape index (κ3) is 4.10. The average Bonchev–Trinajstić information content (AvgIpc) is 3.19. The van der Waals surface area contributed by atoms with E-state index < -0.39 is 11.7 Å². The number of nitrogens with one attached hydrogen (secondary N) is 2. The lowest BCUT2D eigenvalue weighted by Gasteiger charge is -2.36. The number of fused-ring (bicyclic) bond motifs is 3. The Morgan fingerprint density at radius 2 is 1.74 bits per heavy atom. The molecule has 1 saturated heterocycles. The minimum absolute atomic E-state index is 0.0322. The number of hydrogen-bond acceptors (Lipinski definition) is 4. The number of methoxy groups -OCH3 is 1. The predicted octanol–water partition coefficient (Wildman–Crippen LogP) is 4.06. The molecule has 4 aromatic rings. The summed E-state index contributed by atoms with van der Waals surface area (Å²) >= 11 is 0. The van der Waals surface area contributed by atoms with Crippen LogP contribution in [0, 0.1) is 5.82 Å². The van der Waals surface area contributed by atoms with E-state index in [9.17, 15) is 14.0 Å². The van der Waals surface area contributed by atoms with Crippen LogP contribution >= 0.6 is 0 Å². The van der Waals surface area contributed by atoms with Crippen molar-refractivity contribution in [1.29, 1.82) is 0 Å². The van der Waals surface area contributed by atoms with E-state index in [-0.39, 0.29) is 23.7 Å². The molecule has 1 fully saturated rings. The lowest BCUT2D eigenvalue weighted by atomic mass is 9.98. The quantitative estimate of drug-likeness (QED) is 0.415. The van der Waals surface area contributed by atoms with Gasteiger partial charge in [-0.05, 0) is 61.4 Å². The molecule has 0 saturated carbocycles. The van der Waals surface area contributed by atoms with E-state index in [1.54, 1.807) is 24.3 Å². The van der Waals surface area contributed by atoms with Gasteiger partial charge in [0.25, 0.3) is 11.8 Å². The van der Waals surface area contributed by atoms with Crippen LogP contribution in [0.4, 0.5) is 4.39 Å². The van der Waals surface area contributed by atoms with Crippen molar-refractivity contribution in [2.75, 3.05) is 20.2 Å². The summed E-state index contributed by atoms with van der Waals surface area (Å²) in [4.78, 5) is 30.7. The Hall–Kier alpha value is -3.91. The van der Waals surface area contributed by atoms with Gasteiger partial charge in [-0.2, -0.15) is 0 Å². The first-order valence-corrected chi connectivity index (χ1v) is 11.5. The SMILES string of the molecule is COc1ccc(-c2cc(C(N)=O)c3[nH]c4cc(C(=O)N5CC(C)NC(C)C5)ccc4c3c2)cc1F. The highest BCUT2D eigenvalue weighted by Crippen LogP contribution is 2.34. The molecular formula is C27H27FN4O3. The second-order valence-corrected chi connectivity index (χ2v) is 9.22. The molecule has 1 aliphatic heterocycles. The van der Waals surface area contributed by atoms with Crippen LogP contribution < -0.4 is 15.8 Å². The summed E-state index contributed by atoms with van der Waals surface area (Å²) in [6.07, 6.45) is 0. The molecule has 35 heavy (non-hydrogen) atoms. The van der Waals surface area contributed by atoms with Crippen molar-refractivity contribution in [3.63, 3.8) is 0 Å². The monoisotopic (exact) mass is 474 g/mol. The highest BCUT2D eigenvalue weighted by Gasteiger charge is 2.26. The van der Waals surface area contributed by atoms with Crippen molar-refractivity contribution in [2.45, 2.75) is 25.9 Å². The van der Waals surface area contributed by atoms with Crippen molar-refractivity contribution in [3.8, 4) is 16.9 Å². The van der Waals surface area contributed by atoms with Crippen molar-refractivity contribution < 1.29 is 18.7 Å². The van der Waals surface area contributed by atoms with Gasteiger partial charge in [0.1, 0.15) is 0 Å². The molecule has 1 aliphatic rings. The number of aromatic nitrogens is 1. The third-order valence-corrected chi connectivity index (χ3v) is 6.55. The van der Waals surface area contributed by atoms with E-state index in [0.717, 1.165) is 16.3 Å². The molecule has 5 rings (SSSR count). The normalized spacial score (nSPS) is 18.2. The second kappa shape index (κ2) is 8.70. The number of piperazine rings is 1.